The van der Waals surface area contributed by atoms with E-state index in [9.17, 15) is 0 Å². The number of nitrogens with zero attached hydrogens (tertiary/aromatic N) is 2. The van der Waals surface area contributed by atoms with Crippen molar-refractivity contribution < 1.29 is 13.6 Å². The van der Waals surface area contributed by atoms with Crippen molar-refractivity contribution in [2.24, 2.45) is 0 Å². The van der Waals surface area contributed by atoms with Crippen LogP contribution in [0.3, 0.4) is 0 Å². The number of rotatable bonds is 4. The molecule has 0 N–H and O–H groups in total. The Bertz CT molecular complexity index is 2150. The SMILES string of the molecule is CN(c1cccc2c1oc1ccccc12)c1cccc2c1oc1ccccc12.C\C=C/C1=C(\C=C/C)N(C)c2ccccc2O1. The van der Waals surface area contributed by atoms with Gasteiger partial charge in [0, 0.05) is 35.6 Å². The summed E-state index contributed by atoms with van der Waals surface area (Å²) in [4.78, 5) is 4.30. The predicted molar refractivity (Wildman–Crippen MR) is 188 cm³/mol. The average molecular weight is 591 g/mol. The first kappa shape index (κ1) is 28.1. The molecule has 0 bridgehead atoms. The standard InChI is InChI=1S/C25H17NO2.C15H17NO/c1-26(20-12-6-10-18-16-8-2-4-14-22(16)27-24(18)20)21-13-7-11-19-17-9-3-5-15-23(17)28-25(19)21;1-4-8-12-14(9-5-2)17-15-11-7-6-10-13(15)16(12)3/h2-15H,1H3;4-11H,1-3H3/b;8-4-,9-5-. The van der Waals surface area contributed by atoms with E-state index in [0.29, 0.717) is 0 Å². The number of para-hydroxylation sites is 6. The van der Waals surface area contributed by atoms with Gasteiger partial charge < -0.3 is 23.4 Å². The minimum absolute atomic E-state index is 0.881. The largest absolute Gasteiger partial charge is 0.454 e. The molecule has 222 valence electrons. The van der Waals surface area contributed by atoms with Crippen LogP contribution in [0.25, 0.3) is 43.9 Å². The second-order valence-electron chi connectivity index (χ2n) is 10.9. The van der Waals surface area contributed by atoms with Crippen molar-refractivity contribution >= 4 is 60.9 Å². The molecule has 0 fully saturated rings. The fourth-order valence-electron chi connectivity index (χ4n) is 6.03. The first-order valence-corrected chi connectivity index (χ1v) is 15.1. The molecule has 1 aliphatic heterocycles. The molecule has 0 amide bonds. The molecular weight excluding hydrogens is 556 g/mol. The highest BCUT2D eigenvalue weighted by Gasteiger charge is 2.21. The molecule has 45 heavy (non-hydrogen) atoms. The van der Waals surface area contributed by atoms with E-state index in [1.807, 2.05) is 86.7 Å². The highest BCUT2D eigenvalue weighted by Crippen LogP contribution is 2.41. The van der Waals surface area contributed by atoms with Crippen LogP contribution in [-0.4, -0.2) is 14.1 Å². The smallest absolute Gasteiger partial charge is 0.159 e. The zero-order valence-corrected chi connectivity index (χ0v) is 25.8. The molecule has 0 atom stereocenters. The van der Waals surface area contributed by atoms with Gasteiger partial charge in [-0.2, -0.15) is 0 Å². The third-order valence-electron chi connectivity index (χ3n) is 8.19. The topological polar surface area (TPSA) is 42.0 Å². The summed E-state index contributed by atoms with van der Waals surface area (Å²) in [5.41, 5.74) is 7.78. The minimum atomic E-state index is 0.881. The van der Waals surface area contributed by atoms with Crippen molar-refractivity contribution in [3.05, 3.63) is 145 Å². The van der Waals surface area contributed by atoms with E-state index >= 15 is 0 Å². The van der Waals surface area contributed by atoms with Gasteiger partial charge in [-0.3, -0.25) is 0 Å². The lowest BCUT2D eigenvalue weighted by Gasteiger charge is -2.29. The van der Waals surface area contributed by atoms with Crippen LogP contribution in [-0.2, 0) is 0 Å². The lowest BCUT2D eigenvalue weighted by Crippen LogP contribution is -2.23. The summed E-state index contributed by atoms with van der Waals surface area (Å²) < 4.78 is 18.4. The van der Waals surface area contributed by atoms with Gasteiger partial charge in [-0.05, 0) is 62.4 Å². The second kappa shape index (κ2) is 11.8. The van der Waals surface area contributed by atoms with Crippen LogP contribution in [0.2, 0.25) is 0 Å². The van der Waals surface area contributed by atoms with E-state index in [1.165, 1.54) is 0 Å². The van der Waals surface area contributed by atoms with Crippen LogP contribution in [0.4, 0.5) is 17.1 Å². The molecule has 5 heteroatoms. The Morgan fingerprint density at radius 1 is 0.578 bits per heavy atom. The lowest BCUT2D eigenvalue weighted by molar-refractivity contribution is 0.429. The maximum absolute atomic E-state index is 6.22. The number of benzene rings is 5. The van der Waals surface area contributed by atoms with Crippen molar-refractivity contribution in [3.63, 3.8) is 0 Å². The monoisotopic (exact) mass is 590 g/mol. The molecule has 5 nitrogen and oxygen atoms in total. The molecule has 0 saturated heterocycles. The molecule has 3 heterocycles. The molecule has 7 aromatic rings. The third-order valence-corrected chi connectivity index (χ3v) is 8.19. The number of likely N-dealkylation sites (N-methyl/N-ethyl adjacent to an activating group) is 1. The molecular formula is C40H34N2O3. The fraction of sp³-hybridized carbons (Fsp3) is 0.100. The number of allylic oxidation sites excluding steroid dienone is 4. The summed E-state index contributed by atoms with van der Waals surface area (Å²) in [6.07, 6.45) is 8.06. The molecule has 8 rings (SSSR count). The summed E-state index contributed by atoms with van der Waals surface area (Å²) in [6.45, 7) is 4.00. The highest BCUT2D eigenvalue weighted by atomic mass is 16.5. The van der Waals surface area contributed by atoms with Crippen LogP contribution in [0.1, 0.15) is 13.8 Å². The van der Waals surface area contributed by atoms with Crippen LogP contribution < -0.4 is 14.5 Å². The number of fused-ring (bicyclic) bond motifs is 7. The van der Waals surface area contributed by atoms with Crippen molar-refractivity contribution in [3.8, 4) is 5.75 Å². The van der Waals surface area contributed by atoms with Gasteiger partial charge in [0.1, 0.15) is 11.2 Å². The number of anilines is 3. The van der Waals surface area contributed by atoms with Crippen LogP contribution >= 0.6 is 0 Å². The predicted octanol–water partition coefficient (Wildman–Crippen LogP) is 11.1. The molecule has 5 aromatic carbocycles. The lowest BCUT2D eigenvalue weighted by atomic mass is 10.1. The Balaban J connectivity index is 0.000000165. The summed E-state index contributed by atoms with van der Waals surface area (Å²) in [7, 11) is 4.12. The Morgan fingerprint density at radius 3 is 1.67 bits per heavy atom. The van der Waals surface area contributed by atoms with Crippen LogP contribution in [0, 0.1) is 0 Å². The van der Waals surface area contributed by atoms with E-state index in [4.69, 9.17) is 13.6 Å². The molecule has 0 aliphatic carbocycles. The molecule has 0 unspecified atom stereocenters. The van der Waals surface area contributed by atoms with Gasteiger partial charge in [0.2, 0.25) is 0 Å². The highest BCUT2D eigenvalue weighted by molar-refractivity contribution is 6.12. The number of furan rings is 2. The van der Waals surface area contributed by atoms with Gasteiger partial charge >= 0.3 is 0 Å². The van der Waals surface area contributed by atoms with E-state index in [2.05, 4.69) is 84.6 Å². The molecule has 0 radical (unpaired) electrons. The number of hydrogen-bond acceptors (Lipinski definition) is 5. The van der Waals surface area contributed by atoms with Crippen LogP contribution in [0.5, 0.6) is 5.75 Å². The summed E-state index contributed by atoms with van der Waals surface area (Å²) >= 11 is 0. The quantitative estimate of drug-likeness (QED) is 0.204. The first-order chi connectivity index (χ1) is 22.1. The van der Waals surface area contributed by atoms with Crippen molar-refractivity contribution in [2.45, 2.75) is 13.8 Å². The Labute approximate surface area is 262 Å². The Morgan fingerprint density at radius 2 is 1.09 bits per heavy atom. The number of hydrogen-bond donors (Lipinski definition) is 0. The van der Waals surface area contributed by atoms with E-state index in [-0.39, 0.29) is 0 Å². The third kappa shape index (κ3) is 4.92. The summed E-state index contributed by atoms with van der Waals surface area (Å²) in [6, 6.07) is 36.9. The zero-order chi connectivity index (χ0) is 30.9. The average Bonchev–Trinajstić information content (AvgIpc) is 3.65. The maximum Gasteiger partial charge on any atom is 0.159 e. The van der Waals surface area contributed by atoms with E-state index < -0.39 is 0 Å². The maximum atomic E-state index is 6.22. The Hall–Kier alpha value is -5.68. The normalized spacial score (nSPS) is 13.2. The Kier molecular flexibility index (Phi) is 7.36. The van der Waals surface area contributed by atoms with Gasteiger partial charge in [0.25, 0.3) is 0 Å². The van der Waals surface area contributed by atoms with Crippen molar-refractivity contribution in [1.82, 2.24) is 0 Å². The zero-order valence-electron chi connectivity index (χ0n) is 25.8. The number of ether oxygens (including phenoxy) is 1. The van der Waals surface area contributed by atoms with E-state index in [1.54, 1.807) is 0 Å². The molecule has 1 aliphatic rings. The van der Waals surface area contributed by atoms with Crippen molar-refractivity contribution in [1.29, 1.82) is 0 Å². The molecule has 2 aromatic heterocycles. The van der Waals surface area contributed by atoms with Crippen molar-refractivity contribution in [2.75, 3.05) is 23.9 Å². The van der Waals surface area contributed by atoms with Gasteiger partial charge in [0.15, 0.2) is 22.7 Å². The van der Waals surface area contributed by atoms with Gasteiger partial charge in [-0.1, -0.05) is 84.9 Å². The van der Waals surface area contributed by atoms with Gasteiger partial charge in [-0.25, -0.2) is 0 Å². The summed E-state index contributed by atoms with van der Waals surface area (Å²) in [5.74, 6) is 1.78. The molecule has 0 spiro atoms. The molecule has 0 saturated carbocycles. The summed E-state index contributed by atoms with van der Waals surface area (Å²) in [5, 5.41) is 4.51. The van der Waals surface area contributed by atoms with Crippen LogP contribution in [0.15, 0.2) is 154 Å². The first-order valence-electron chi connectivity index (χ1n) is 15.1. The van der Waals surface area contributed by atoms with E-state index in [0.717, 1.165) is 78.1 Å². The van der Waals surface area contributed by atoms with Gasteiger partial charge in [0.05, 0.1) is 22.8 Å². The minimum Gasteiger partial charge on any atom is -0.454 e. The second-order valence-corrected chi connectivity index (χ2v) is 10.9. The fourth-order valence-corrected chi connectivity index (χ4v) is 6.03. The van der Waals surface area contributed by atoms with Gasteiger partial charge in [-0.15, -0.1) is 0 Å².